The van der Waals surface area contributed by atoms with Gasteiger partial charge >= 0.3 is 0 Å². The molecule has 0 aromatic rings. The summed E-state index contributed by atoms with van der Waals surface area (Å²) in [5, 5.41) is 9.19. The highest BCUT2D eigenvalue weighted by Gasteiger charge is 2.46. The fraction of sp³-hybridized carbons (Fsp3) is 0.655. The fourth-order valence-corrected chi connectivity index (χ4v) is 7.03. The van der Waals surface area contributed by atoms with Crippen molar-refractivity contribution in [3.63, 3.8) is 0 Å². The third-order valence-corrected chi connectivity index (χ3v) is 10.7. The number of allylic oxidation sites excluding steroid dienone is 7. The predicted octanol–water partition coefficient (Wildman–Crippen LogP) is 7.37. The van der Waals surface area contributed by atoms with Crippen LogP contribution in [0.15, 0.2) is 58.3 Å². The third-order valence-electron chi connectivity index (χ3n) is 8.42. The lowest BCUT2D eigenvalue weighted by atomic mass is 9.62. The van der Waals surface area contributed by atoms with E-state index in [2.05, 4.69) is 45.6 Å². The topological polar surface area (TPSA) is 54.4 Å². The van der Waals surface area contributed by atoms with Gasteiger partial charge in [0.2, 0.25) is 15.0 Å². The van der Waals surface area contributed by atoms with Gasteiger partial charge in [-0.2, -0.15) is 4.39 Å². The molecule has 3 aliphatic carbocycles. The molecule has 2 fully saturated rings. The smallest absolute Gasteiger partial charge is 0.211 e. The van der Waals surface area contributed by atoms with E-state index >= 15 is 0 Å². The van der Waals surface area contributed by atoms with Gasteiger partial charge < -0.3 is 5.11 Å². The standard InChI is InChI=1S/C29H43FO3S/c1-19(10-15-27(30)34(32,33)28(4,5)6)25-13-14-26-22(9-8-16-29(25,26)7)11-12-23-18-24(31)17-20(2)21(23)3/h11-13,15,19-20,24,26,31H,3,8-10,14,16-18H2,1-2,4-7H3/b22-11+,23-12-,27-15+/t19-,20?,24+,26+,29?/m1/s1. The molecule has 0 heterocycles. The second-order valence-corrected chi connectivity index (χ2v) is 14.6. The molecule has 2 unspecified atom stereocenters. The van der Waals surface area contributed by atoms with Gasteiger partial charge in [0.15, 0.2) is 0 Å². The Morgan fingerprint density at radius 3 is 2.68 bits per heavy atom. The molecular weight excluding hydrogens is 447 g/mol. The van der Waals surface area contributed by atoms with Crippen molar-refractivity contribution >= 4 is 9.84 Å². The van der Waals surface area contributed by atoms with Gasteiger partial charge in [-0.15, -0.1) is 0 Å². The molecule has 0 saturated heterocycles. The predicted molar refractivity (Wildman–Crippen MR) is 140 cm³/mol. The summed E-state index contributed by atoms with van der Waals surface area (Å²) in [4.78, 5) is 0. The van der Waals surface area contributed by atoms with Crippen LogP contribution >= 0.6 is 0 Å². The van der Waals surface area contributed by atoms with E-state index in [-0.39, 0.29) is 17.4 Å². The Hall–Kier alpha value is -1.46. The van der Waals surface area contributed by atoms with E-state index in [4.69, 9.17) is 0 Å². The Bertz CT molecular complexity index is 1040. The minimum absolute atomic E-state index is 0.0194. The van der Waals surface area contributed by atoms with Crippen LogP contribution in [0.5, 0.6) is 0 Å². The number of aliphatic hydroxyl groups excluding tert-OH is 1. The zero-order valence-electron chi connectivity index (χ0n) is 21.8. The van der Waals surface area contributed by atoms with Gasteiger partial charge in [0, 0.05) is 0 Å². The van der Waals surface area contributed by atoms with Crippen LogP contribution in [0.1, 0.15) is 86.5 Å². The van der Waals surface area contributed by atoms with Crippen LogP contribution in [0, 0.1) is 23.2 Å². The molecule has 0 radical (unpaired) electrons. The lowest BCUT2D eigenvalue weighted by molar-refractivity contribution is 0.142. The summed E-state index contributed by atoms with van der Waals surface area (Å²) < 4.78 is 38.2. The van der Waals surface area contributed by atoms with Crippen LogP contribution in [0.3, 0.4) is 0 Å². The first-order chi connectivity index (χ1) is 15.7. The third kappa shape index (κ3) is 5.21. The van der Waals surface area contributed by atoms with Crippen molar-refractivity contribution in [2.24, 2.45) is 23.2 Å². The van der Waals surface area contributed by atoms with E-state index in [0.717, 1.165) is 43.3 Å². The lowest BCUT2D eigenvalue weighted by Crippen LogP contribution is -2.32. The maximum atomic E-state index is 14.6. The van der Waals surface area contributed by atoms with Crippen molar-refractivity contribution < 1.29 is 17.9 Å². The van der Waals surface area contributed by atoms with Crippen LogP contribution in [0.2, 0.25) is 0 Å². The maximum absolute atomic E-state index is 14.6. The summed E-state index contributed by atoms with van der Waals surface area (Å²) in [5.41, 5.74) is 5.09. The highest BCUT2D eigenvalue weighted by molar-refractivity contribution is 7.96. The van der Waals surface area contributed by atoms with Gasteiger partial charge in [0.1, 0.15) is 0 Å². The summed E-state index contributed by atoms with van der Waals surface area (Å²) in [7, 11) is -3.94. The maximum Gasteiger partial charge on any atom is 0.211 e. The van der Waals surface area contributed by atoms with Crippen LogP contribution < -0.4 is 0 Å². The average Bonchev–Trinajstić information content (AvgIpc) is 3.09. The molecule has 3 aliphatic rings. The van der Waals surface area contributed by atoms with E-state index in [0.29, 0.717) is 24.7 Å². The SMILES string of the molecule is C=C1/C(=C\C=C2/CCCC3(C)C([C@H](C)C/C=C(\F)S(=O)(=O)C(C)(C)C)=CC[C@@H]23)C[C@@H](O)CC1C. The summed E-state index contributed by atoms with van der Waals surface area (Å²) in [6.45, 7) is 15.4. The van der Waals surface area contributed by atoms with Crippen LogP contribution in [0.25, 0.3) is 0 Å². The minimum atomic E-state index is -3.94. The van der Waals surface area contributed by atoms with E-state index in [1.165, 1.54) is 38.0 Å². The Balaban J connectivity index is 1.77. The molecule has 3 rings (SSSR count). The Morgan fingerprint density at radius 1 is 1.35 bits per heavy atom. The van der Waals surface area contributed by atoms with E-state index in [9.17, 15) is 17.9 Å². The quantitative estimate of drug-likeness (QED) is 0.409. The summed E-state index contributed by atoms with van der Waals surface area (Å²) in [6, 6.07) is 0. The monoisotopic (exact) mass is 490 g/mol. The van der Waals surface area contributed by atoms with E-state index in [1.807, 2.05) is 0 Å². The number of rotatable bonds is 5. The normalized spacial score (nSPS) is 34.4. The number of hydrogen-bond donors (Lipinski definition) is 1. The van der Waals surface area contributed by atoms with Crippen LogP contribution in [-0.4, -0.2) is 24.4 Å². The minimum Gasteiger partial charge on any atom is -0.393 e. The first-order valence-corrected chi connectivity index (χ1v) is 14.2. The highest BCUT2D eigenvalue weighted by Crippen LogP contribution is 2.57. The van der Waals surface area contributed by atoms with Crippen molar-refractivity contribution in [2.75, 3.05) is 0 Å². The molecule has 5 atom stereocenters. The molecule has 190 valence electrons. The number of hydrogen-bond acceptors (Lipinski definition) is 3. The Kier molecular flexibility index (Phi) is 7.89. The van der Waals surface area contributed by atoms with E-state index < -0.39 is 19.7 Å². The lowest BCUT2D eigenvalue weighted by Gasteiger charge is -2.42. The molecular formula is C29H43FO3S. The summed E-state index contributed by atoms with van der Waals surface area (Å²) >= 11 is 0. The van der Waals surface area contributed by atoms with Crippen molar-refractivity contribution in [3.8, 4) is 0 Å². The highest BCUT2D eigenvalue weighted by atomic mass is 32.2. The molecule has 34 heavy (non-hydrogen) atoms. The first kappa shape index (κ1) is 27.1. The molecule has 0 aromatic carbocycles. The Labute approximate surface area is 206 Å². The Morgan fingerprint density at radius 2 is 2.03 bits per heavy atom. The molecule has 0 amide bonds. The second-order valence-electron chi connectivity index (χ2n) is 11.9. The summed E-state index contributed by atoms with van der Waals surface area (Å²) in [5.74, 6) is 0.811. The zero-order chi connectivity index (χ0) is 25.5. The number of fused-ring (bicyclic) bond motifs is 1. The molecule has 0 spiro atoms. The number of sulfone groups is 1. The van der Waals surface area contributed by atoms with Crippen LogP contribution in [-0.2, 0) is 9.84 Å². The molecule has 2 saturated carbocycles. The molecule has 5 heteroatoms. The number of aliphatic hydroxyl groups is 1. The van der Waals surface area contributed by atoms with Crippen molar-refractivity contribution in [3.05, 3.63) is 58.3 Å². The van der Waals surface area contributed by atoms with E-state index in [1.54, 1.807) is 0 Å². The van der Waals surface area contributed by atoms with Gasteiger partial charge in [-0.3, -0.25) is 0 Å². The van der Waals surface area contributed by atoms with Gasteiger partial charge in [-0.25, -0.2) is 8.42 Å². The number of halogens is 1. The van der Waals surface area contributed by atoms with Crippen molar-refractivity contribution in [1.82, 2.24) is 0 Å². The second kappa shape index (κ2) is 9.89. The fourth-order valence-electron chi connectivity index (χ4n) is 6.13. The molecule has 1 N–H and O–H groups in total. The van der Waals surface area contributed by atoms with Gasteiger partial charge in [-0.1, -0.05) is 56.7 Å². The average molecular weight is 491 g/mol. The summed E-state index contributed by atoms with van der Waals surface area (Å²) in [6.07, 6.45) is 13.8. The first-order valence-electron chi connectivity index (χ1n) is 12.8. The largest absolute Gasteiger partial charge is 0.393 e. The van der Waals surface area contributed by atoms with Crippen molar-refractivity contribution in [2.45, 2.75) is 97.3 Å². The molecule has 3 nitrogen and oxygen atoms in total. The van der Waals surface area contributed by atoms with Gasteiger partial charge in [-0.05, 0) is 106 Å². The molecule has 0 aliphatic heterocycles. The zero-order valence-corrected chi connectivity index (χ0v) is 22.6. The van der Waals surface area contributed by atoms with Crippen LogP contribution in [0.4, 0.5) is 4.39 Å². The molecule has 0 aromatic heterocycles. The van der Waals surface area contributed by atoms with Crippen molar-refractivity contribution in [1.29, 1.82) is 0 Å². The molecule has 0 bridgehead atoms. The van der Waals surface area contributed by atoms with Gasteiger partial charge in [0.05, 0.1) is 10.9 Å². The van der Waals surface area contributed by atoms with Gasteiger partial charge in [0.25, 0.3) is 0 Å².